The number of alkyl halides is 3. The summed E-state index contributed by atoms with van der Waals surface area (Å²) in [5.74, 6) is -2.08. The van der Waals surface area contributed by atoms with Crippen LogP contribution in [0.1, 0.15) is 22.4 Å². The third-order valence-electron chi connectivity index (χ3n) is 3.31. The molecule has 0 fully saturated rings. The average molecular weight is 338 g/mol. The van der Waals surface area contributed by atoms with Crippen LogP contribution in [-0.4, -0.2) is 26.5 Å². The van der Waals surface area contributed by atoms with E-state index in [-0.39, 0.29) is 17.0 Å². The number of amides is 1. The number of aromatic nitrogens is 3. The number of halogens is 4. The van der Waals surface area contributed by atoms with E-state index < -0.39 is 23.9 Å². The Kier molecular flexibility index (Phi) is 3.92. The predicted octanol–water partition coefficient (Wildman–Crippen LogP) is 2.90. The van der Waals surface area contributed by atoms with Crippen LogP contribution in [0.3, 0.4) is 0 Å². The lowest BCUT2D eigenvalue weighted by Crippen LogP contribution is -2.39. The second kappa shape index (κ2) is 5.91. The second-order valence-corrected chi connectivity index (χ2v) is 4.90. The smallest absolute Gasteiger partial charge is 0.333 e. The van der Waals surface area contributed by atoms with Gasteiger partial charge < -0.3 is 5.32 Å². The molecule has 0 aliphatic heterocycles. The molecule has 0 saturated carbocycles. The predicted molar refractivity (Wildman–Crippen MR) is 75.6 cm³/mol. The SMILES string of the molecule is O=C(NC(c1ccccn1)C(F)(F)F)c1ncc2c(F)cccn12. The van der Waals surface area contributed by atoms with E-state index in [1.165, 1.54) is 30.6 Å². The van der Waals surface area contributed by atoms with Crippen molar-refractivity contribution in [3.8, 4) is 0 Å². The van der Waals surface area contributed by atoms with Gasteiger partial charge in [0.2, 0.25) is 5.82 Å². The molecule has 1 N–H and O–H groups in total. The van der Waals surface area contributed by atoms with Crippen molar-refractivity contribution in [2.45, 2.75) is 12.2 Å². The lowest BCUT2D eigenvalue weighted by Gasteiger charge is -2.20. The van der Waals surface area contributed by atoms with Gasteiger partial charge in [0, 0.05) is 12.4 Å². The molecule has 0 aliphatic carbocycles. The summed E-state index contributed by atoms with van der Waals surface area (Å²) in [6.07, 6.45) is -1.14. The lowest BCUT2D eigenvalue weighted by molar-refractivity contribution is -0.156. The standard InChI is InChI=1S/C15H10F4N4O/c16-9-4-3-7-23-11(9)8-21-13(23)14(24)22-12(15(17,18)19)10-5-1-2-6-20-10/h1-8,12H,(H,22,24). The summed E-state index contributed by atoms with van der Waals surface area (Å²) in [7, 11) is 0. The summed E-state index contributed by atoms with van der Waals surface area (Å²) in [5.41, 5.74) is -0.366. The molecule has 3 aromatic rings. The zero-order valence-corrected chi connectivity index (χ0v) is 12.0. The number of fused-ring (bicyclic) bond motifs is 1. The highest BCUT2D eigenvalue weighted by Gasteiger charge is 2.43. The molecule has 1 amide bonds. The van der Waals surface area contributed by atoms with Gasteiger partial charge in [0.05, 0.1) is 11.9 Å². The van der Waals surface area contributed by atoms with Crippen molar-refractivity contribution in [1.29, 1.82) is 0 Å². The number of nitrogens with one attached hydrogen (secondary N) is 1. The first-order valence-corrected chi connectivity index (χ1v) is 6.78. The molecule has 0 saturated heterocycles. The molecular weight excluding hydrogens is 328 g/mol. The van der Waals surface area contributed by atoms with Crippen LogP contribution in [0.25, 0.3) is 5.52 Å². The molecule has 1 atom stereocenters. The minimum atomic E-state index is -4.75. The van der Waals surface area contributed by atoms with Gasteiger partial charge in [-0.2, -0.15) is 13.2 Å². The van der Waals surface area contributed by atoms with Gasteiger partial charge in [-0.25, -0.2) is 9.37 Å². The first kappa shape index (κ1) is 15.9. The minimum absolute atomic E-state index is 0.0101. The quantitative estimate of drug-likeness (QED) is 0.747. The molecule has 9 heteroatoms. The Morgan fingerprint density at radius 3 is 2.62 bits per heavy atom. The molecule has 0 radical (unpaired) electrons. The maximum absolute atomic E-state index is 13.6. The number of nitrogens with zero attached hydrogens (tertiary/aromatic N) is 3. The minimum Gasteiger partial charge on any atom is -0.333 e. The van der Waals surface area contributed by atoms with E-state index in [0.717, 1.165) is 22.7 Å². The largest absolute Gasteiger partial charge is 0.414 e. The van der Waals surface area contributed by atoms with Gasteiger partial charge in [-0.05, 0) is 24.3 Å². The Hall–Kier alpha value is -2.97. The van der Waals surface area contributed by atoms with Crippen molar-refractivity contribution < 1.29 is 22.4 Å². The Balaban J connectivity index is 1.95. The maximum Gasteiger partial charge on any atom is 0.414 e. The Morgan fingerprint density at radius 2 is 1.96 bits per heavy atom. The van der Waals surface area contributed by atoms with Gasteiger partial charge >= 0.3 is 6.18 Å². The molecule has 0 aliphatic rings. The monoisotopic (exact) mass is 338 g/mol. The van der Waals surface area contributed by atoms with E-state index in [1.54, 1.807) is 0 Å². The fraction of sp³-hybridized carbons (Fsp3) is 0.133. The Morgan fingerprint density at radius 1 is 1.17 bits per heavy atom. The van der Waals surface area contributed by atoms with E-state index in [0.29, 0.717) is 0 Å². The topological polar surface area (TPSA) is 59.3 Å². The molecule has 3 rings (SSSR count). The van der Waals surface area contributed by atoms with Gasteiger partial charge in [0.1, 0.15) is 11.3 Å². The van der Waals surface area contributed by atoms with Crippen LogP contribution in [0.15, 0.2) is 48.9 Å². The highest BCUT2D eigenvalue weighted by atomic mass is 19.4. The molecule has 3 aromatic heterocycles. The normalized spacial score (nSPS) is 13.0. The molecule has 124 valence electrons. The van der Waals surface area contributed by atoms with Crippen LogP contribution in [0, 0.1) is 5.82 Å². The first-order chi connectivity index (χ1) is 11.4. The Bertz CT molecular complexity index is 876. The first-order valence-electron chi connectivity index (χ1n) is 6.78. The van der Waals surface area contributed by atoms with Crippen molar-refractivity contribution >= 4 is 11.4 Å². The molecule has 3 heterocycles. The third kappa shape index (κ3) is 2.92. The molecule has 5 nitrogen and oxygen atoms in total. The fourth-order valence-electron chi connectivity index (χ4n) is 2.22. The van der Waals surface area contributed by atoms with Gasteiger partial charge in [0.15, 0.2) is 6.04 Å². The van der Waals surface area contributed by atoms with Gasteiger partial charge in [-0.1, -0.05) is 6.07 Å². The number of pyridine rings is 2. The maximum atomic E-state index is 13.6. The third-order valence-corrected chi connectivity index (χ3v) is 3.31. The van der Waals surface area contributed by atoms with E-state index >= 15 is 0 Å². The van der Waals surface area contributed by atoms with Crippen molar-refractivity contribution in [2.75, 3.05) is 0 Å². The molecule has 0 bridgehead atoms. The zero-order chi connectivity index (χ0) is 17.3. The van der Waals surface area contributed by atoms with E-state index in [1.807, 2.05) is 5.32 Å². The van der Waals surface area contributed by atoms with E-state index in [4.69, 9.17) is 0 Å². The van der Waals surface area contributed by atoms with E-state index in [2.05, 4.69) is 9.97 Å². The van der Waals surface area contributed by atoms with Crippen molar-refractivity contribution in [3.63, 3.8) is 0 Å². The van der Waals surface area contributed by atoms with Crippen molar-refractivity contribution in [3.05, 3.63) is 66.3 Å². The van der Waals surface area contributed by atoms with Crippen LogP contribution >= 0.6 is 0 Å². The number of hydrogen-bond acceptors (Lipinski definition) is 3. The van der Waals surface area contributed by atoms with Crippen LogP contribution in [0.4, 0.5) is 17.6 Å². The summed E-state index contributed by atoms with van der Waals surface area (Å²) >= 11 is 0. The van der Waals surface area contributed by atoms with Crippen LogP contribution in [-0.2, 0) is 0 Å². The lowest BCUT2D eigenvalue weighted by atomic mass is 10.1. The van der Waals surface area contributed by atoms with Crippen molar-refractivity contribution in [1.82, 2.24) is 19.7 Å². The molecule has 0 aromatic carbocycles. The zero-order valence-electron chi connectivity index (χ0n) is 12.0. The molecule has 0 spiro atoms. The highest BCUT2D eigenvalue weighted by Crippen LogP contribution is 2.31. The van der Waals surface area contributed by atoms with Gasteiger partial charge in [-0.3, -0.25) is 14.2 Å². The molecular formula is C15H10F4N4O. The number of hydrogen-bond donors (Lipinski definition) is 1. The summed E-state index contributed by atoms with van der Waals surface area (Å²) in [4.78, 5) is 19.6. The summed E-state index contributed by atoms with van der Waals surface area (Å²) in [6.45, 7) is 0. The van der Waals surface area contributed by atoms with Crippen LogP contribution in [0.2, 0.25) is 0 Å². The number of rotatable bonds is 3. The number of carbonyl (C=O) groups is 1. The van der Waals surface area contributed by atoms with Gasteiger partial charge in [-0.15, -0.1) is 0 Å². The fourth-order valence-corrected chi connectivity index (χ4v) is 2.22. The molecule has 24 heavy (non-hydrogen) atoms. The molecule has 1 unspecified atom stereocenters. The highest BCUT2D eigenvalue weighted by molar-refractivity contribution is 5.92. The summed E-state index contributed by atoms with van der Waals surface area (Å²) in [6, 6.07) is 4.18. The number of imidazole rings is 1. The second-order valence-electron chi connectivity index (χ2n) is 4.90. The van der Waals surface area contributed by atoms with E-state index in [9.17, 15) is 22.4 Å². The number of carbonyl (C=O) groups excluding carboxylic acids is 1. The van der Waals surface area contributed by atoms with Crippen molar-refractivity contribution in [2.24, 2.45) is 0 Å². The van der Waals surface area contributed by atoms with Crippen LogP contribution in [0.5, 0.6) is 0 Å². The summed E-state index contributed by atoms with van der Waals surface area (Å²) in [5, 5.41) is 1.86. The van der Waals surface area contributed by atoms with Gasteiger partial charge in [0.25, 0.3) is 5.91 Å². The Labute approximate surface area is 133 Å². The average Bonchev–Trinajstić information content (AvgIpc) is 2.97. The van der Waals surface area contributed by atoms with Crippen LogP contribution < -0.4 is 5.32 Å². The summed E-state index contributed by atoms with van der Waals surface area (Å²) < 4.78 is 54.4.